The van der Waals surface area contributed by atoms with Crippen LogP contribution in [0.4, 0.5) is 4.39 Å². The van der Waals surface area contributed by atoms with Crippen molar-refractivity contribution in [3.8, 4) is 11.4 Å². The number of pyridine rings is 2. The Kier molecular flexibility index (Phi) is 3.96. The molecule has 2 aromatic heterocycles. The summed E-state index contributed by atoms with van der Waals surface area (Å²) in [5.41, 5.74) is 1.14. The average molecular weight is 296 g/mol. The fourth-order valence-electron chi connectivity index (χ4n) is 2.05. The van der Waals surface area contributed by atoms with E-state index in [1.807, 2.05) is 30.3 Å². The number of hydrogen-bond acceptors (Lipinski definition) is 3. The molecule has 0 spiro atoms. The standard InChI is InChI=1S/C17H13FN2O2/c18-16-10-14(6-8-19-16)20-9-7-15(11-17(20)21)22-12-13-4-2-1-3-5-13/h1-11H,12H2. The lowest BCUT2D eigenvalue weighted by Crippen LogP contribution is -2.17. The van der Waals surface area contributed by atoms with Crippen LogP contribution in [0.5, 0.6) is 5.75 Å². The van der Waals surface area contributed by atoms with Crippen LogP contribution < -0.4 is 10.3 Å². The quantitative estimate of drug-likeness (QED) is 0.695. The van der Waals surface area contributed by atoms with Gasteiger partial charge in [-0.3, -0.25) is 9.36 Å². The van der Waals surface area contributed by atoms with E-state index < -0.39 is 5.95 Å². The second-order valence-corrected chi connectivity index (χ2v) is 4.68. The Morgan fingerprint density at radius 1 is 1.09 bits per heavy atom. The molecule has 0 amide bonds. The van der Waals surface area contributed by atoms with Gasteiger partial charge in [0.15, 0.2) is 0 Å². The Labute approximate surface area is 126 Å². The second kappa shape index (κ2) is 6.22. The van der Waals surface area contributed by atoms with Gasteiger partial charge in [-0.15, -0.1) is 0 Å². The van der Waals surface area contributed by atoms with Crippen molar-refractivity contribution in [1.82, 2.24) is 9.55 Å². The van der Waals surface area contributed by atoms with Crippen molar-refractivity contribution in [3.05, 3.63) is 88.9 Å². The molecule has 0 saturated heterocycles. The maximum absolute atomic E-state index is 13.1. The first-order chi connectivity index (χ1) is 10.7. The highest BCUT2D eigenvalue weighted by molar-refractivity contribution is 5.32. The lowest BCUT2D eigenvalue weighted by Gasteiger charge is -2.09. The fraction of sp³-hybridized carbons (Fsp3) is 0.0588. The van der Waals surface area contributed by atoms with Gasteiger partial charge in [0, 0.05) is 24.5 Å². The maximum atomic E-state index is 13.1. The Hall–Kier alpha value is -2.95. The number of hydrogen-bond donors (Lipinski definition) is 0. The van der Waals surface area contributed by atoms with Crippen LogP contribution in [0.15, 0.2) is 71.8 Å². The maximum Gasteiger partial charge on any atom is 0.258 e. The summed E-state index contributed by atoms with van der Waals surface area (Å²) in [5.74, 6) is -0.159. The molecule has 0 aliphatic rings. The number of nitrogens with zero attached hydrogens (tertiary/aromatic N) is 2. The molecule has 0 aliphatic heterocycles. The Bertz CT molecular complexity index is 831. The Balaban J connectivity index is 1.79. The predicted octanol–water partition coefficient (Wildman–Crippen LogP) is 2.95. The minimum absolute atomic E-state index is 0.295. The largest absolute Gasteiger partial charge is 0.489 e. The molecule has 5 heteroatoms. The SMILES string of the molecule is O=c1cc(OCc2ccccc2)ccn1-c1ccnc(F)c1. The van der Waals surface area contributed by atoms with Crippen LogP contribution in [0.25, 0.3) is 5.69 Å². The molecule has 4 nitrogen and oxygen atoms in total. The van der Waals surface area contributed by atoms with Crippen molar-refractivity contribution in [2.75, 3.05) is 0 Å². The van der Waals surface area contributed by atoms with Crippen molar-refractivity contribution in [3.63, 3.8) is 0 Å². The van der Waals surface area contributed by atoms with Crippen LogP contribution >= 0.6 is 0 Å². The van der Waals surface area contributed by atoms with E-state index in [1.165, 1.54) is 22.9 Å². The van der Waals surface area contributed by atoms with Gasteiger partial charge in [0.2, 0.25) is 5.95 Å². The minimum Gasteiger partial charge on any atom is -0.489 e. The molecule has 110 valence electrons. The summed E-state index contributed by atoms with van der Waals surface area (Å²) >= 11 is 0. The zero-order chi connectivity index (χ0) is 15.4. The number of aromatic nitrogens is 2. The molecule has 0 aliphatic carbocycles. The smallest absolute Gasteiger partial charge is 0.258 e. The van der Waals surface area contributed by atoms with Gasteiger partial charge in [-0.1, -0.05) is 30.3 Å². The summed E-state index contributed by atoms with van der Waals surface area (Å²) < 4.78 is 20.0. The number of ether oxygens (including phenoxy) is 1. The first kappa shape index (κ1) is 14.0. The molecule has 0 radical (unpaired) electrons. The van der Waals surface area contributed by atoms with E-state index >= 15 is 0 Å². The van der Waals surface area contributed by atoms with Gasteiger partial charge in [0.1, 0.15) is 12.4 Å². The van der Waals surface area contributed by atoms with E-state index in [1.54, 1.807) is 18.3 Å². The molecular weight excluding hydrogens is 283 g/mol. The second-order valence-electron chi connectivity index (χ2n) is 4.68. The number of benzene rings is 1. The fourth-order valence-corrected chi connectivity index (χ4v) is 2.05. The van der Waals surface area contributed by atoms with Crippen molar-refractivity contribution in [2.45, 2.75) is 6.61 Å². The van der Waals surface area contributed by atoms with E-state index in [4.69, 9.17) is 4.74 Å². The molecule has 0 fully saturated rings. The zero-order valence-corrected chi connectivity index (χ0v) is 11.6. The molecule has 0 unspecified atom stereocenters. The van der Waals surface area contributed by atoms with Gasteiger partial charge < -0.3 is 4.74 Å². The average Bonchev–Trinajstić information content (AvgIpc) is 2.54. The monoisotopic (exact) mass is 296 g/mol. The molecule has 2 heterocycles. The van der Waals surface area contributed by atoms with Gasteiger partial charge in [-0.2, -0.15) is 4.39 Å². The molecule has 1 aromatic carbocycles. The van der Waals surface area contributed by atoms with E-state index in [2.05, 4.69) is 4.98 Å². The molecule has 0 bridgehead atoms. The summed E-state index contributed by atoms with van der Waals surface area (Å²) in [5, 5.41) is 0. The van der Waals surface area contributed by atoms with Gasteiger partial charge >= 0.3 is 0 Å². The van der Waals surface area contributed by atoms with Crippen LogP contribution in [0.1, 0.15) is 5.56 Å². The third kappa shape index (κ3) is 3.20. The lowest BCUT2D eigenvalue weighted by atomic mass is 10.2. The normalized spacial score (nSPS) is 10.4. The summed E-state index contributed by atoms with van der Waals surface area (Å²) in [7, 11) is 0. The molecular formula is C17H13FN2O2. The molecule has 22 heavy (non-hydrogen) atoms. The van der Waals surface area contributed by atoms with E-state index in [0.29, 0.717) is 18.0 Å². The molecule has 3 rings (SSSR count). The highest BCUT2D eigenvalue weighted by Crippen LogP contribution is 2.12. The van der Waals surface area contributed by atoms with Gasteiger partial charge in [0.25, 0.3) is 5.56 Å². The predicted molar refractivity (Wildman–Crippen MR) is 80.6 cm³/mol. The van der Waals surface area contributed by atoms with Crippen LogP contribution in [0, 0.1) is 5.95 Å². The van der Waals surface area contributed by atoms with Crippen molar-refractivity contribution in [2.24, 2.45) is 0 Å². The minimum atomic E-state index is -0.631. The van der Waals surface area contributed by atoms with Crippen LogP contribution in [-0.2, 0) is 6.61 Å². The third-order valence-electron chi connectivity index (χ3n) is 3.13. The van der Waals surface area contributed by atoms with E-state index in [-0.39, 0.29) is 5.56 Å². The summed E-state index contributed by atoms with van der Waals surface area (Å²) in [4.78, 5) is 15.6. The Morgan fingerprint density at radius 2 is 1.91 bits per heavy atom. The molecule has 0 atom stereocenters. The molecule has 0 N–H and O–H groups in total. The molecule has 0 saturated carbocycles. The van der Waals surface area contributed by atoms with Crippen LogP contribution in [0.2, 0.25) is 0 Å². The summed E-state index contributed by atoms with van der Waals surface area (Å²) in [6, 6.07) is 15.5. The summed E-state index contributed by atoms with van der Waals surface area (Å²) in [6.45, 7) is 0.383. The number of rotatable bonds is 4. The van der Waals surface area contributed by atoms with Crippen LogP contribution in [0.3, 0.4) is 0 Å². The summed E-state index contributed by atoms with van der Waals surface area (Å²) in [6.07, 6.45) is 2.87. The highest BCUT2D eigenvalue weighted by Gasteiger charge is 2.04. The lowest BCUT2D eigenvalue weighted by molar-refractivity contribution is 0.305. The van der Waals surface area contributed by atoms with Crippen molar-refractivity contribution < 1.29 is 9.13 Å². The van der Waals surface area contributed by atoms with E-state index in [9.17, 15) is 9.18 Å². The first-order valence-corrected chi connectivity index (χ1v) is 6.74. The molecule has 3 aromatic rings. The highest BCUT2D eigenvalue weighted by atomic mass is 19.1. The van der Waals surface area contributed by atoms with Gasteiger partial charge in [-0.25, -0.2) is 4.98 Å². The number of halogens is 1. The van der Waals surface area contributed by atoms with Gasteiger partial charge in [0.05, 0.1) is 5.69 Å². The third-order valence-corrected chi connectivity index (χ3v) is 3.13. The van der Waals surface area contributed by atoms with Crippen LogP contribution in [-0.4, -0.2) is 9.55 Å². The van der Waals surface area contributed by atoms with E-state index in [0.717, 1.165) is 5.56 Å². The van der Waals surface area contributed by atoms with Crippen molar-refractivity contribution in [1.29, 1.82) is 0 Å². The first-order valence-electron chi connectivity index (χ1n) is 6.74. The zero-order valence-electron chi connectivity index (χ0n) is 11.6. The Morgan fingerprint density at radius 3 is 2.64 bits per heavy atom. The van der Waals surface area contributed by atoms with Gasteiger partial charge in [-0.05, 0) is 17.7 Å². The van der Waals surface area contributed by atoms with Crippen molar-refractivity contribution >= 4 is 0 Å². The topological polar surface area (TPSA) is 44.1 Å².